The van der Waals surface area contributed by atoms with Gasteiger partial charge in [-0.05, 0) is 22.0 Å². The minimum atomic E-state index is 0.353. The number of benzene rings is 1. The molecule has 21 heavy (non-hydrogen) atoms. The smallest absolute Gasteiger partial charge is 0.207 e. The standard InChI is InChI=1S/C14H13BrN4O2/c1-20-10-4-9(5-11(6-10)21-2)19-13-12(18-14(19)16)3-8(15)7-17-13/h3-7H,1-2H3,(H2,16,18). The van der Waals surface area contributed by atoms with Crippen molar-refractivity contribution in [2.24, 2.45) is 0 Å². The molecule has 0 saturated heterocycles. The van der Waals surface area contributed by atoms with E-state index in [-0.39, 0.29) is 0 Å². The third-order valence-electron chi connectivity index (χ3n) is 3.08. The summed E-state index contributed by atoms with van der Waals surface area (Å²) in [4.78, 5) is 8.71. The summed E-state index contributed by atoms with van der Waals surface area (Å²) in [6, 6.07) is 7.36. The molecule has 0 spiro atoms. The lowest BCUT2D eigenvalue weighted by Gasteiger charge is -2.10. The maximum atomic E-state index is 6.03. The van der Waals surface area contributed by atoms with Crippen LogP contribution in [0.15, 0.2) is 34.9 Å². The predicted octanol–water partition coefficient (Wildman–Crippen LogP) is 2.78. The van der Waals surface area contributed by atoms with Crippen molar-refractivity contribution in [3.05, 3.63) is 34.9 Å². The van der Waals surface area contributed by atoms with Gasteiger partial charge >= 0.3 is 0 Å². The highest BCUT2D eigenvalue weighted by Gasteiger charge is 2.13. The third-order valence-corrected chi connectivity index (χ3v) is 3.52. The molecule has 2 aromatic heterocycles. The Morgan fingerprint density at radius 2 is 1.76 bits per heavy atom. The summed E-state index contributed by atoms with van der Waals surface area (Å²) in [5, 5.41) is 0. The lowest BCUT2D eigenvalue weighted by molar-refractivity contribution is 0.394. The van der Waals surface area contributed by atoms with Crippen LogP contribution in [0.4, 0.5) is 5.95 Å². The largest absolute Gasteiger partial charge is 0.497 e. The molecule has 0 saturated carbocycles. The highest BCUT2D eigenvalue weighted by molar-refractivity contribution is 9.10. The first kappa shape index (κ1) is 13.7. The van der Waals surface area contributed by atoms with Gasteiger partial charge in [0.2, 0.25) is 5.95 Å². The molecule has 0 aliphatic carbocycles. The lowest BCUT2D eigenvalue weighted by Crippen LogP contribution is -2.02. The number of halogens is 1. The molecule has 1 aromatic carbocycles. The van der Waals surface area contributed by atoms with Gasteiger partial charge in [-0.2, -0.15) is 0 Å². The summed E-state index contributed by atoms with van der Waals surface area (Å²) in [7, 11) is 3.20. The molecular weight excluding hydrogens is 336 g/mol. The Hall–Kier alpha value is -2.28. The Labute approximate surface area is 129 Å². The Balaban J connectivity index is 2.27. The van der Waals surface area contributed by atoms with Crippen molar-refractivity contribution in [3.8, 4) is 17.2 Å². The maximum Gasteiger partial charge on any atom is 0.207 e. The summed E-state index contributed by atoms with van der Waals surface area (Å²) in [6.45, 7) is 0. The SMILES string of the molecule is COc1cc(OC)cc(-n2c(N)nc3cc(Br)cnc32)c1. The molecule has 0 aliphatic heterocycles. The van der Waals surface area contributed by atoms with E-state index in [1.807, 2.05) is 18.2 Å². The van der Waals surface area contributed by atoms with Gasteiger partial charge in [-0.25, -0.2) is 9.97 Å². The summed E-state index contributed by atoms with van der Waals surface area (Å²) in [5.74, 6) is 1.69. The fourth-order valence-corrected chi connectivity index (χ4v) is 2.45. The second kappa shape index (κ2) is 5.25. The van der Waals surface area contributed by atoms with Crippen LogP contribution in [0.5, 0.6) is 11.5 Å². The van der Waals surface area contributed by atoms with E-state index >= 15 is 0 Å². The molecule has 0 aliphatic rings. The topological polar surface area (TPSA) is 75.2 Å². The van der Waals surface area contributed by atoms with Crippen molar-refractivity contribution >= 4 is 33.0 Å². The van der Waals surface area contributed by atoms with Crippen molar-refractivity contribution in [1.82, 2.24) is 14.5 Å². The normalized spacial score (nSPS) is 10.8. The monoisotopic (exact) mass is 348 g/mol. The first-order chi connectivity index (χ1) is 10.1. The van der Waals surface area contributed by atoms with Crippen LogP contribution in [-0.2, 0) is 0 Å². The van der Waals surface area contributed by atoms with Crippen molar-refractivity contribution in [1.29, 1.82) is 0 Å². The van der Waals surface area contributed by atoms with E-state index in [4.69, 9.17) is 15.2 Å². The number of ether oxygens (including phenoxy) is 2. The van der Waals surface area contributed by atoms with Gasteiger partial charge in [-0.15, -0.1) is 0 Å². The number of methoxy groups -OCH3 is 2. The van der Waals surface area contributed by atoms with Crippen LogP contribution >= 0.6 is 15.9 Å². The first-order valence-electron chi connectivity index (χ1n) is 6.15. The Bertz CT molecular complexity index is 794. The number of hydrogen-bond acceptors (Lipinski definition) is 5. The summed E-state index contributed by atoms with van der Waals surface area (Å²) in [5.41, 5.74) is 8.20. The first-order valence-corrected chi connectivity index (χ1v) is 6.94. The molecule has 2 heterocycles. The molecule has 2 N–H and O–H groups in total. The number of nitrogen functional groups attached to an aromatic ring is 1. The van der Waals surface area contributed by atoms with Gasteiger partial charge in [-0.1, -0.05) is 0 Å². The average molecular weight is 349 g/mol. The third kappa shape index (κ3) is 2.40. The van der Waals surface area contributed by atoms with Gasteiger partial charge in [0.1, 0.15) is 17.0 Å². The number of nitrogens with two attached hydrogens (primary N) is 1. The summed E-state index contributed by atoms with van der Waals surface area (Å²) >= 11 is 3.38. The van der Waals surface area contributed by atoms with Crippen molar-refractivity contribution in [2.75, 3.05) is 20.0 Å². The Morgan fingerprint density at radius 3 is 2.38 bits per heavy atom. The number of fused-ring (bicyclic) bond motifs is 1. The summed E-state index contributed by atoms with van der Waals surface area (Å²) < 4.78 is 13.2. The van der Waals surface area contributed by atoms with Crippen LogP contribution in [0.1, 0.15) is 0 Å². The number of imidazole rings is 1. The highest BCUT2D eigenvalue weighted by atomic mass is 79.9. The number of hydrogen-bond donors (Lipinski definition) is 1. The number of aromatic nitrogens is 3. The molecule has 0 radical (unpaired) electrons. The lowest BCUT2D eigenvalue weighted by atomic mass is 10.2. The van der Waals surface area contributed by atoms with Crippen LogP contribution in [0, 0.1) is 0 Å². The maximum absolute atomic E-state index is 6.03. The molecular formula is C14H13BrN4O2. The molecule has 108 valence electrons. The van der Waals surface area contributed by atoms with Crippen LogP contribution in [0.3, 0.4) is 0 Å². The van der Waals surface area contributed by atoms with E-state index in [2.05, 4.69) is 25.9 Å². The molecule has 0 bridgehead atoms. The Kier molecular flexibility index (Phi) is 3.42. The highest BCUT2D eigenvalue weighted by Crippen LogP contribution is 2.29. The second-order valence-electron chi connectivity index (χ2n) is 4.37. The molecule has 0 unspecified atom stereocenters. The number of rotatable bonds is 3. The molecule has 6 nitrogen and oxygen atoms in total. The summed E-state index contributed by atoms with van der Waals surface area (Å²) in [6.07, 6.45) is 1.71. The van der Waals surface area contributed by atoms with Gasteiger partial charge in [0.25, 0.3) is 0 Å². The zero-order chi connectivity index (χ0) is 15.0. The van der Waals surface area contributed by atoms with E-state index in [0.717, 1.165) is 10.2 Å². The van der Waals surface area contributed by atoms with E-state index in [9.17, 15) is 0 Å². The van der Waals surface area contributed by atoms with Gasteiger partial charge < -0.3 is 15.2 Å². The quantitative estimate of drug-likeness (QED) is 0.787. The fraction of sp³-hybridized carbons (Fsp3) is 0.143. The molecule has 3 aromatic rings. The minimum Gasteiger partial charge on any atom is -0.497 e. The molecule has 0 fully saturated rings. The van der Waals surface area contributed by atoms with Gasteiger partial charge in [0, 0.05) is 28.9 Å². The fourth-order valence-electron chi connectivity index (χ4n) is 2.13. The van der Waals surface area contributed by atoms with Crippen LogP contribution in [-0.4, -0.2) is 28.8 Å². The van der Waals surface area contributed by atoms with Gasteiger partial charge in [0.15, 0.2) is 5.65 Å². The van der Waals surface area contributed by atoms with E-state index < -0.39 is 0 Å². The molecule has 3 rings (SSSR count). The minimum absolute atomic E-state index is 0.353. The second-order valence-corrected chi connectivity index (χ2v) is 5.29. The predicted molar refractivity (Wildman–Crippen MR) is 84.1 cm³/mol. The molecule has 7 heteroatoms. The number of nitrogens with zero attached hydrogens (tertiary/aromatic N) is 3. The molecule has 0 amide bonds. The van der Waals surface area contributed by atoms with Crippen LogP contribution < -0.4 is 15.2 Å². The zero-order valence-electron chi connectivity index (χ0n) is 11.5. The van der Waals surface area contributed by atoms with Gasteiger partial charge in [-0.3, -0.25) is 4.57 Å². The number of anilines is 1. The Morgan fingerprint density at radius 1 is 1.10 bits per heavy atom. The van der Waals surface area contributed by atoms with E-state index in [0.29, 0.717) is 28.6 Å². The zero-order valence-corrected chi connectivity index (χ0v) is 13.1. The van der Waals surface area contributed by atoms with E-state index in [1.165, 1.54) is 0 Å². The van der Waals surface area contributed by atoms with Crippen molar-refractivity contribution < 1.29 is 9.47 Å². The molecule has 0 atom stereocenters. The van der Waals surface area contributed by atoms with E-state index in [1.54, 1.807) is 31.0 Å². The average Bonchev–Trinajstić information content (AvgIpc) is 2.81. The number of pyridine rings is 1. The van der Waals surface area contributed by atoms with Gasteiger partial charge in [0.05, 0.1) is 19.9 Å². The van der Waals surface area contributed by atoms with Crippen molar-refractivity contribution in [2.45, 2.75) is 0 Å². The van der Waals surface area contributed by atoms with Crippen LogP contribution in [0.25, 0.3) is 16.9 Å². The van der Waals surface area contributed by atoms with Crippen LogP contribution in [0.2, 0.25) is 0 Å². The van der Waals surface area contributed by atoms with Crippen molar-refractivity contribution in [3.63, 3.8) is 0 Å².